The van der Waals surface area contributed by atoms with Gasteiger partial charge in [-0.05, 0) is 48.9 Å². The summed E-state index contributed by atoms with van der Waals surface area (Å²) in [6.07, 6.45) is 6.72. The largest absolute Gasteiger partial charge is 0.336 e. The number of aromatic nitrogens is 7. The predicted molar refractivity (Wildman–Crippen MR) is 148 cm³/mol. The van der Waals surface area contributed by atoms with E-state index in [1.54, 1.807) is 24.8 Å². The molecule has 5 heterocycles. The van der Waals surface area contributed by atoms with Crippen LogP contribution in [-0.2, 0) is 4.79 Å². The number of pyridine rings is 3. The van der Waals surface area contributed by atoms with Crippen LogP contribution >= 0.6 is 0 Å². The average Bonchev–Trinajstić information content (AvgIpc) is 3.51. The third-order valence-electron chi connectivity index (χ3n) is 6.37. The Morgan fingerprint density at radius 2 is 1.77 bits per heavy atom. The van der Waals surface area contributed by atoms with E-state index in [9.17, 15) is 9.18 Å². The minimum atomic E-state index is -0.530. The lowest BCUT2D eigenvalue weighted by Crippen LogP contribution is -2.27. The zero-order valence-electron chi connectivity index (χ0n) is 21.8. The van der Waals surface area contributed by atoms with Crippen molar-refractivity contribution in [3.05, 3.63) is 72.6 Å². The molecule has 0 radical (unpaired) electrons. The Morgan fingerprint density at radius 1 is 0.949 bits per heavy atom. The van der Waals surface area contributed by atoms with Crippen molar-refractivity contribution in [2.75, 3.05) is 5.32 Å². The summed E-state index contributed by atoms with van der Waals surface area (Å²) in [5.41, 5.74) is 6.25. The van der Waals surface area contributed by atoms with Gasteiger partial charge in [0.15, 0.2) is 11.5 Å². The first kappa shape index (κ1) is 24.4. The normalized spacial score (nSPS) is 11.8. The zero-order valence-corrected chi connectivity index (χ0v) is 21.8. The van der Waals surface area contributed by atoms with Crippen molar-refractivity contribution in [3.63, 3.8) is 0 Å². The third kappa shape index (κ3) is 4.61. The Labute approximate surface area is 223 Å². The van der Waals surface area contributed by atoms with Crippen molar-refractivity contribution < 1.29 is 9.18 Å². The summed E-state index contributed by atoms with van der Waals surface area (Å²) in [5, 5.41) is 11.1. The van der Waals surface area contributed by atoms with Crippen LogP contribution in [0.25, 0.3) is 56.0 Å². The Balaban J connectivity index is 1.41. The van der Waals surface area contributed by atoms with E-state index in [1.165, 1.54) is 12.1 Å². The van der Waals surface area contributed by atoms with Crippen LogP contribution in [0.15, 0.2) is 61.2 Å². The van der Waals surface area contributed by atoms with Gasteiger partial charge in [0.2, 0.25) is 5.91 Å². The zero-order chi connectivity index (χ0) is 27.3. The molecule has 6 rings (SSSR count). The van der Waals surface area contributed by atoms with E-state index < -0.39 is 5.41 Å². The second kappa shape index (κ2) is 9.09. The molecule has 10 heteroatoms. The van der Waals surface area contributed by atoms with Gasteiger partial charge in [-0.2, -0.15) is 5.10 Å². The quantitative estimate of drug-likeness (QED) is 0.260. The van der Waals surface area contributed by atoms with Crippen molar-refractivity contribution in [3.8, 4) is 33.9 Å². The molecule has 3 N–H and O–H groups in total. The number of hydrogen-bond donors (Lipinski definition) is 3. The number of aryl methyl sites for hydroxylation is 1. The first-order valence-electron chi connectivity index (χ1n) is 12.4. The smallest absolute Gasteiger partial charge is 0.229 e. The van der Waals surface area contributed by atoms with Crippen molar-refractivity contribution in [1.29, 1.82) is 0 Å². The Bertz CT molecular complexity index is 1860. The average molecular weight is 521 g/mol. The van der Waals surface area contributed by atoms with E-state index in [0.717, 1.165) is 27.6 Å². The molecule has 0 aliphatic rings. The minimum absolute atomic E-state index is 0.0979. The second-order valence-electron chi connectivity index (χ2n) is 10.5. The number of anilines is 1. The number of carbonyl (C=O) groups excluding carboxylic acids is 1. The van der Waals surface area contributed by atoms with Crippen LogP contribution in [-0.4, -0.2) is 41.0 Å². The van der Waals surface area contributed by atoms with E-state index in [-0.39, 0.29) is 11.7 Å². The van der Waals surface area contributed by atoms with Gasteiger partial charge < -0.3 is 10.3 Å². The number of benzene rings is 1. The van der Waals surface area contributed by atoms with E-state index in [2.05, 4.69) is 35.5 Å². The predicted octanol–water partition coefficient (Wildman–Crippen LogP) is 6.06. The van der Waals surface area contributed by atoms with Gasteiger partial charge in [0.05, 0.1) is 28.5 Å². The molecule has 9 nitrogen and oxygen atoms in total. The lowest BCUT2D eigenvalue weighted by Gasteiger charge is -2.17. The van der Waals surface area contributed by atoms with E-state index in [0.29, 0.717) is 39.6 Å². The number of hydrogen-bond acceptors (Lipinski definition) is 6. The highest BCUT2D eigenvalue weighted by molar-refractivity contribution is 5.97. The molecule has 6 aromatic rings. The van der Waals surface area contributed by atoms with Gasteiger partial charge >= 0.3 is 0 Å². The van der Waals surface area contributed by atoms with Gasteiger partial charge in [0.1, 0.15) is 17.0 Å². The summed E-state index contributed by atoms with van der Waals surface area (Å²) in [6.45, 7) is 7.41. The van der Waals surface area contributed by atoms with E-state index in [1.807, 2.05) is 52.0 Å². The van der Waals surface area contributed by atoms with Crippen molar-refractivity contribution in [2.24, 2.45) is 5.41 Å². The molecule has 0 bridgehead atoms. The van der Waals surface area contributed by atoms with Gasteiger partial charge in [-0.1, -0.05) is 20.8 Å². The number of nitrogens with zero attached hydrogens (tertiary/aromatic N) is 5. The fraction of sp³-hybridized carbons (Fsp3) is 0.172. The van der Waals surface area contributed by atoms with Gasteiger partial charge in [-0.3, -0.25) is 19.9 Å². The molecular weight excluding hydrogens is 495 g/mol. The molecule has 5 aromatic heterocycles. The Hall–Kier alpha value is -4.99. The summed E-state index contributed by atoms with van der Waals surface area (Å²) >= 11 is 0. The lowest BCUT2D eigenvalue weighted by atomic mass is 9.95. The number of H-pyrrole nitrogens is 2. The maximum atomic E-state index is 14.1. The number of carbonyl (C=O) groups is 1. The fourth-order valence-corrected chi connectivity index (χ4v) is 4.36. The molecule has 0 unspecified atom stereocenters. The highest BCUT2D eigenvalue weighted by atomic mass is 19.1. The van der Waals surface area contributed by atoms with Crippen LogP contribution in [0.5, 0.6) is 0 Å². The summed E-state index contributed by atoms with van der Waals surface area (Å²) in [4.78, 5) is 33.9. The molecule has 0 spiro atoms. The number of amides is 1. The molecule has 39 heavy (non-hydrogen) atoms. The molecule has 0 saturated carbocycles. The fourth-order valence-electron chi connectivity index (χ4n) is 4.36. The van der Waals surface area contributed by atoms with Gasteiger partial charge in [-0.15, -0.1) is 0 Å². The number of imidazole rings is 1. The van der Waals surface area contributed by atoms with Crippen LogP contribution < -0.4 is 5.32 Å². The molecule has 0 atom stereocenters. The second-order valence-corrected chi connectivity index (χ2v) is 10.5. The van der Waals surface area contributed by atoms with Crippen LogP contribution in [0.4, 0.5) is 10.1 Å². The standard InChI is InChI=1S/C29H25FN8O/c1-15-7-16(9-19(30)8-15)23-25-22(5-6-32-23)35-27(36-25)24-21-11-18(13-33-26(21)38-37-24)17-10-20(14-31-12-17)34-28(39)29(2,3)4/h5-14H,1-4H3,(H,34,39)(H,35,36)(H,33,37,38). The molecule has 0 aliphatic carbocycles. The first-order valence-corrected chi connectivity index (χ1v) is 12.4. The number of nitrogens with one attached hydrogen (secondary N) is 3. The molecule has 1 amide bonds. The van der Waals surface area contributed by atoms with Crippen LogP contribution in [0.2, 0.25) is 0 Å². The summed E-state index contributed by atoms with van der Waals surface area (Å²) < 4.78 is 14.1. The lowest BCUT2D eigenvalue weighted by molar-refractivity contribution is -0.123. The maximum absolute atomic E-state index is 14.1. The summed E-state index contributed by atoms with van der Waals surface area (Å²) in [5.74, 6) is 0.106. The monoisotopic (exact) mass is 520 g/mol. The summed E-state index contributed by atoms with van der Waals surface area (Å²) in [6, 6.07) is 10.4. The first-order chi connectivity index (χ1) is 18.7. The van der Waals surface area contributed by atoms with Gasteiger partial charge in [0.25, 0.3) is 0 Å². The Kier molecular flexibility index (Phi) is 5.67. The minimum Gasteiger partial charge on any atom is -0.336 e. The topological polar surface area (TPSA) is 125 Å². The van der Waals surface area contributed by atoms with Crippen molar-refractivity contribution >= 4 is 33.7 Å². The molecule has 0 saturated heterocycles. The molecule has 194 valence electrons. The van der Waals surface area contributed by atoms with Crippen molar-refractivity contribution in [2.45, 2.75) is 27.7 Å². The molecule has 0 fully saturated rings. The number of aromatic amines is 2. The van der Waals surface area contributed by atoms with Crippen LogP contribution in [0.1, 0.15) is 26.3 Å². The highest BCUT2D eigenvalue weighted by Crippen LogP contribution is 2.32. The number of rotatable bonds is 4. The number of halogens is 1. The molecular formula is C29H25FN8O. The SMILES string of the molecule is Cc1cc(F)cc(-c2nccc3[nH]c(-c4n[nH]c5ncc(-c6cncc(NC(=O)C(C)(C)C)c6)cc45)nc23)c1. The highest BCUT2D eigenvalue weighted by Gasteiger charge is 2.22. The third-order valence-corrected chi connectivity index (χ3v) is 6.37. The van der Waals surface area contributed by atoms with Crippen LogP contribution in [0, 0.1) is 18.2 Å². The van der Waals surface area contributed by atoms with Gasteiger partial charge in [0, 0.05) is 40.7 Å². The van der Waals surface area contributed by atoms with Crippen molar-refractivity contribution in [1.82, 2.24) is 35.1 Å². The van der Waals surface area contributed by atoms with Gasteiger partial charge in [-0.25, -0.2) is 14.4 Å². The van der Waals surface area contributed by atoms with E-state index in [4.69, 9.17) is 4.98 Å². The maximum Gasteiger partial charge on any atom is 0.229 e. The molecule has 0 aliphatic heterocycles. The summed E-state index contributed by atoms with van der Waals surface area (Å²) in [7, 11) is 0. The van der Waals surface area contributed by atoms with Crippen LogP contribution in [0.3, 0.4) is 0 Å². The Morgan fingerprint density at radius 3 is 2.56 bits per heavy atom. The molecule has 1 aromatic carbocycles. The van der Waals surface area contributed by atoms with E-state index >= 15 is 0 Å². The number of fused-ring (bicyclic) bond motifs is 2.